The van der Waals surface area contributed by atoms with Crippen molar-refractivity contribution in [3.8, 4) is 0 Å². The molecule has 2 unspecified atom stereocenters. The first-order valence-corrected chi connectivity index (χ1v) is 5.47. The number of hydrogen-bond acceptors (Lipinski definition) is 6. The summed E-state index contributed by atoms with van der Waals surface area (Å²) in [6.45, 7) is 1.14. The van der Waals surface area contributed by atoms with Crippen LogP contribution in [0.25, 0.3) is 0 Å². The summed E-state index contributed by atoms with van der Waals surface area (Å²) < 4.78 is 4.63. The smallest absolute Gasteiger partial charge is 0.331 e. The average Bonchev–Trinajstić information content (AvgIpc) is 2.32. The lowest BCUT2D eigenvalue weighted by molar-refractivity contribution is -0.148. The van der Waals surface area contributed by atoms with Crippen molar-refractivity contribution in [1.29, 1.82) is 0 Å². The van der Waals surface area contributed by atoms with Crippen molar-refractivity contribution >= 4 is 17.8 Å². The second kappa shape index (κ2) is 8.43. The number of rotatable bonds is 8. The third-order valence-electron chi connectivity index (χ3n) is 2.09. The molecule has 0 aliphatic carbocycles. The van der Waals surface area contributed by atoms with E-state index in [1.165, 1.54) is 0 Å². The van der Waals surface area contributed by atoms with Crippen LogP contribution in [-0.4, -0.2) is 53.4 Å². The predicted octanol–water partition coefficient (Wildman–Crippen LogP) is -1.78. The molecule has 8 heteroatoms. The maximum Gasteiger partial charge on any atom is 0.331 e. The lowest BCUT2D eigenvalue weighted by atomic mass is 10.1. The van der Waals surface area contributed by atoms with Crippen molar-refractivity contribution in [2.45, 2.75) is 31.8 Å². The summed E-state index contributed by atoms with van der Waals surface area (Å²) in [5, 5.41) is 19.6. The Morgan fingerprint density at radius 1 is 1.39 bits per heavy atom. The number of hydrogen-bond donors (Lipinski definition) is 4. The third-order valence-corrected chi connectivity index (χ3v) is 2.09. The number of aliphatic hydroxyl groups is 1. The van der Waals surface area contributed by atoms with E-state index in [2.05, 4.69) is 10.1 Å². The topological polar surface area (TPSA) is 139 Å². The van der Waals surface area contributed by atoms with Crippen LogP contribution < -0.4 is 11.1 Å². The molecule has 0 aliphatic heterocycles. The molecular formula is C10H18N2O6. The lowest BCUT2D eigenvalue weighted by Gasteiger charge is -2.15. The maximum atomic E-state index is 11.4. The lowest BCUT2D eigenvalue weighted by Crippen LogP contribution is -2.44. The van der Waals surface area contributed by atoms with E-state index < -0.39 is 36.5 Å². The van der Waals surface area contributed by atoms with Crippen LogP contribution in [0.4, 0.5) is 0 Å². The van der Waals surface area contributed by atoms with Gasteiger partial charge in [-0.15, -0.1) is 0 Å². The fourth-order valence-corrected chi connectivity index (χ4v) is 1.10. The van der Waals surface area contributed by atoms with E-state index >= 15 is 0 Å². The quantitative estimate of drug-likeness (QED) is 0.379. The molecular weight excluding hydrogens is 244 g/mol. The van der Waals surface area contributed by atoms with Gasteiger partial charge in [0.1, 0.15) is 6.04 Å². The molecule has 0 fully saturated rings. The van der Waals surface area contributed by atoms with Gasteiger partial charge in [-0.25, -0.2) is 4.79 Å². The molecule has 0 aliphatic rings. The highest BCUT2D eigenvalue weighted by Gasteiger charge is 2.21. The third kappa shape index (κ3) is 6.16. The summed E-state index contributed by atoms with van der Waals surface area (Å²) in [4.78, 5) is 33.0. The Hall–Kier alpha value is -1.67. The van der Waals surface area contributed by atoms with Gasteiger partial charge < -0.3 is 26.0 Å². The van der Waals surface area contributed by atoms with E-state index in [4.69, 9.17) is 15.9 Å². The van der Waals surface area contributed by atoms with Crippen LogP contribution in [-0.2, 0) is 19.1 Å². The Morgan fingerprint density at radius 2 is 2.00 bits per heavy atom. The number of nitrogens with two attached hydrogens (primary N) is 1. The molecule has 0 saturated carbocycles. The van der Waals surface area contributed by atoms with Crippen molar-refractivity contribution in [2.24, 2.45) is 5.73 Å². The largest absolute Gasteiger partial charge is 0.480 e. The van der Waals surface area contributed by atoms with Gasteiger partial charge >= 0.3 is 11.9 Å². The van der Waals surface area contributed by atoms with Gasteiger partial charge in [-0.05, 0) is 13.3 Å². The maximum absolute atomic E-state index is 11.4. The molecule has 0 rings (SSSR count). The second-order valence-electron chi connectivity index (χ2n) is 3.54. The van der Waals surface area contributed by atoms with Crippen LogP contribution in [0.1, 0.15) is 19.8 Å². The number of carboxylic acid groups (broad SMARTS) is 1. The fourth-order valence-electron chi connectivity index (χ4n) is 1.10. The van der Waals surface area contributed by atoms with Gasteiger partial charge in [0, 0.05) is 6.42 Å². The number of esters is 1. The summed E-state index contributed by atoms with van der Waals surface area (Å²) in [5.74, 6) is -2.51. The second-order valence-corrected chi connectivity index (χ2v) is 3.54. The number of nitrogens with one attached hydrogen (secondary N) is 1. The molecule has 0 radical (unpaired) electrons. The van der Waals surface area contributed by atoms with E-state index in [-0.39, 0.29) is 19.4 Å². The molecule has 2 atom stereocenters. The van der Waals surface area contributed by atoms with Crippen molar-refractivity contribution in [2.75, 3.05) is 13.2 Å². The molecule has 0 heterocycles. The summed E-state index contributed by atoms with van der Waals surface area (Å²) in [5.41, 5.74) is 5.22. The van der Waals surface area contributed by atoms with Gasteiger partial charge in [-0.3, -0.25) is 9.59 Å². The summed E-state index contributed by atoms with van der Waals surface area (Å²) in [7, 11) is 0. The number of aliphatic hydroxyl groups excluding tert-OH is 1. The average molecular weight is 262 g/mol. The first-order valence-electron chi connectivity index (χ1n) is 5.47. The van der Waals surface area contributed by atoms with Gasteiger partial charge in [0.05, 0.1) is 13.2 Å². The number of amides is 1. The minimum atomic E-state index is -1.20. The van der Waals surface area contributed by atoms with Gasteiger partial charge in [-0.1, -0.05) is 0 Å². The molecule has 0 saturated heterocycles. The molecule has 0 spiro atoms. The highest BCUT2D eigenvalue weighted by molar-refractivity contribution is 5.85. The Kier molecular flexibility index (Phi) is 7.64. The molecule has 0 aromatic carbocycles. The Labute approximate surface area is 104 Å². The molecule has 0 aromatic rings. The number of carboxylic acids is 1. The number of ether oxygens (including phenoxy) is 1. The molecule has 0 bridgehead atoms. The first-order chi connectivity index (χ1) is 8.42. The van der Waals surface area contributed by atoms with E-state index in [1.54, 1.807) is 6.92 Å². The molecule has 104 valence electrons. The SMILES string of the molecule is CCOC(=O)C(CO)NC(=O)CCC(N)C(=O)O. The van der Waals surface area contributed by atoms with Crippen LogP contribution in [0, 0.1) is 0 Å². The molecule has 5 N–H and O–H groups in total. The zero-order chi connectivity index (χ0) is 14.1. The standard InChI is InChI=1S/C10H18N2O6/c1-2-18-10(17)7(5-13)12-8(14)4-3-6(11)9(15)16/h6-7,13H,2-5,11H2,1H3,(H,12,14)(H,15,16). The Balaban J connectivity index is 4.12. The number of aliphatic carboxylic acids is 1. The van der Waals surface area contributed by atoms with Crippen LogP contribution >= 0.6 is 0 Å². The predicted molar refractivity (Wildman–Crippen MR) is 60.5 cm³/mol. The van der Waals surface area contributed by atoms with Gasteiger partial charge in [0.15, 0.2) is 6.04 Å². The van der Waals surface area contributed by atoms with Gasteiger partial charge in [0.25, 0.3) is 0 Å². The van der Waals surface area contributed by atoms with Crippen molar-refractivity contribution < 1.29 is 29.3 Å². The molecule has 1 amide bonds. The number of carbonyl (C=O) groups is 3. The van der Waals surface area contributed by atoms with E-state index in [0.717, 1.165) is 0 Å². The summed E-state index contributed by atoms with van der Waals surface area (Å²) >= 11 is 0. The fraction of sp³-hybridized carbons (Fsp3) is 0.700. The van der Waals surface area contributed by atoms with Crippen LogP contribution in [0.3, 0.4) is 0 Å². The van der Waals surface area contributed by atoms with Crippen LogP contribution in [0.2, 0.25) is 0 Å². The summed E-state index contributed by atoms with van der Waals surface area (Å²) in [6.07, 6.45) is -0.203. The zero-order valence-corrected chi connectivity index (χ0v) is 10.1. The normalized spacial score (nSPS) is 13.5. The van der Waals surface area contributed by atoms with Crippen molar-refractivity contribution in [3.63, 3.8) is 0 Å². The van der Waals surface area contributed by atoms with E-state index in [0.29, 0.717) is 0 Å². The van der Waals surface area contributed by atoms with Gasteiger partial charge in [-0.2, -0.15) is 0 Å². The van der Waals surface area contributed by atoms with Gasteiger partial charge in [0.2, 0.25) is 5.91 Å². The van der Waals surface area contributed by atoms with Crippen LogP contribution in [0.5, 0.6) is 0 Å². The van der Waals surface area contributed by atoms with E-state index in [1.807, 2.05) is 0 Å². The van der Waals surface area contributed by atoms with Crippen LogP contribution in [0.15, 0.2) is 0 Å². The minimum Gasteiger partial charge on any atom is -0.480 e. The minimum absolute atomic E-state index is 0.0534. The Morgan fingerprint density at radius 3 is 2.44 bits per heavy atom. The summed E-state index contributed by atoms with van der Waals surface area (Å²) in [6, 6.07) is -2.27. The highest BCUT2D eigenvalue weighted by Crippen LogP contribution is 1.97. The zero-order valence-electron chi connectivity index (χ0n) is 10.1. The molecule has 18 heavy (non-hydrogen) atoms. The van der Waals surface area contributed by atoms with Crippen molar-refractivity contribution in [1.82, 2.24) is 5.32 Å². The van der Waals surface area contributed by atoms with Crippen molar-refractivity contribution in [3.05, 3.63) is 0 Å². The number of carbonyl (C=O) groups excluding carboxylic acids is 2. The molecule has 0 aromatic heterocycles. The highest BCUT2D eigenvalue weighted by atomic mass is 16.5. The monoisotopic (exact) mass is 262 g/mol. The first kappa shape index (κ1) is 16.3. The Bertz CT molecular complexity index is 307. The van der Waals surface area contributed by atoms with E-state index in [9.17, 15) is 14.4 Å². The molecule has 8 nitrogen and oxygen atoms in total.